The van der Waals surface area contributed by atoms with Crippen LogP contribution in [-0.2, 0) is 6.42 Å². The first kappa shape index (κ1) is 15.4. The molecule has 1 atom stereocenters. The molecular formula is C18H29NO. The van der Waals surface area contributed by atoms with Gasteiger partial charge in [0, 0.05) is 6.04 Å². The largest absolute Gasteiger partial charge is 0.490 e. The van der Waals surface area contributed by atoms with E-state index in [2.05, 4.69) is 38.1 Å². The van der Waals surface area contributed by atoms with Crippen LogP contribution in [0.2, 0.25) is 0 Å². The van der Waals surface area contributed by atoms with Gasteiger partial charge in [-0.2, -0.15) is 0 Å². The Hall–Kier alpha value is -1.02. The van der Waals surface area contributed by atoms with E-state index in [1.807, 2.05) is 0 Å². The lowest BCUT2D eigenvalue weighted by molar-refractivity contribution is 0.130. The summed E-state index contributed by atoms with van der Waals surface area (Å²) < 4.78 is 6.16. The maximum Gasteiger partial charge on any atom is 0.119 e. The van der Waals surface area contributed by atoms with Crippen molar-refractivity contribution in [3.05, 3.63) is 29.8 Å². The van der Waals surface area contributed by atoms with Gasteiger partial charge >= 0.3 is 0 Å². The minimum Gasteiger partial charge on any atom is -0.490 e. The SMILES string of the molecule is CCC(N)Cc1cccc(OC2CCC(CC)CC2)c1. The van der Waals surface area contributed by atoms with Crippen LogP contribution >= 0.6 is 0 Å². The zero-order valence-corrected chi connectivity index (χ0v) is 13.0. The van der Waals surface area contributed by atoms with Crippen LogP contribution in [0.15, 0.2) is 24.3 Å². The number of hydrogen-bond acceptors (Lipinski definition) is 2. The number of benzene rings is 1. The molecule has 0 spiro atoms. The van der Waals surface area contributed by atoms with Crippen molar-refractivity contribution < 1.29 is 4.74 Å². The Balaban J connectivity index is 1.88. The molecule has 0 aromatic heterocycles. The molecule has 0 heterocycles. The monoisotopic (exact) mass is 275 g/mol. The normalized spacial score (nSPS) is 24.4. The Kier molecular flexibility index (Phi) is 5.90. The van der Waals surface area contributed by atoms with E-state index in [9.17, 15) is 0 Å². The van der Waals surface area contributed by atoms with Crippen molar-refractivity contribution in [2.45, 2.75) is 70.9 Å². The van der Waals surface area contributed by atoms with E-state index in [0.717, 1.165) is 24.5 Å². The molecule has 1 aliphatic rings. The second kappa shape index (κ2) is 7.68. The van der Waals surface area contributed by atoms with Crippen molar-refractivity contribution in [3.8, 4) is 5.75 Å². The van der Waals surface area contributed by atoms with Gasteiger partial charge in [-0.05, 0) is 62.1 Å². The molecule has 2 rings (SSSR count). The molecule has 1 aliphatic carbocycles. The molecule has 0 aliphatic heterocycles. The van der Waals surface area contributed by atoms with Crippen molar-refractivity contribution in [2.75, 3.05) is 0 Å². The number of nitrogens with two attached hydrogens (primary N) is 1. The predicted molar refractivity (Wildman–Crippen MR) is 85.1 cm³/mol. The van der Waals surface area contributed by atoms with Crippen LogP contribution in [0.25, 0.3) is 0 Å². The van der Waals surface area contributed by atoms with E-state index < -0.39 is 0 Å². The molecule has 20 heavy (non-hydrogen) atoms. The summed E-state index contributed by atoms with van der Waals surface area (Å²) >= 11 is 0. The quantitative estimate of drug-likeness (QED) is 0.839. The van der Waals surface area contributed by atoms with E-state index in [1.54, 1.807) is 0 Å². The topological polar surface area (TPSA) is 35.2 Å². The van der Waals surface area contributed by atoms with Gasteiger partial charge < -0.3 is 10.5 Å². The molecular weight excluding hydrogens is 246 g/mol. The highest BCUT2D eigenvalue weighted by atomic mass is 16.5. The molecule has 1 aromatic carbocycles. The summed E-state index contributed by atoms with van der Waals surface area (Å²) in [5.74, 6) is 1.94. The van der Waals surface area contributed by atoms with Gasteiger partial charge in [0.2, 0.25) is 0 Å². The average Bonchev–Trinajstić information content (AvgIpc) is 2.48. The van der Waals surface area contributed by atoms with Gasteiger partial charge in [-0.15, -0.1) is 0 Å². The first-order valence-corrected chi connectivity index (χ1v) is 8.22. The minimum absolute atomic E-state index is 0.255. The van der Waals surface area contributed by atoms with Crippen LogP contribution in [0, 0.1) is 5.92 Å². The van der Waals surface area contributed by atoms with Gasteiger partial charge in [-0.25, -0.2) is 0 Å². The summed E-state index contributed by atoms with van der Waals surface area (Å²) in [6.45, 7) is 4.43. The van der Waals surface area contributed by atoms with Crippen LogP contribution < -0.4 is 10.5 Å². The van der Waals surface area contributed by atoms with Gasteiger partial charge in [0.15, 0.2) is 0 Å². The van der Waals surface area contributed by atoms with Gasteiger partial charge in [-0.1, -0.05) is 32.4 Å². The molecule has 1 unspecified atom stereocenters. The summed E-state index contributed by atoms with van der Waals surface area (Å²) in [5.41, 5.74) is 7.32. The molecule has 1 aromatic rings. The van der Waals surface area contributed by atoms with E-state index in [-0.39, 0.29) is 6.04 Å². The van der Waals surface area contributed by atoms with Crippen molar-refractivity contribution in [1.82, 2.24) is 0 Å². The van der Waals surface area contributed by atoms with Gasteiger partial charge in [0.05, 0.1) is 6.10 Å². The Morgan fingerprint density at radius 3 is 2.60 bits per heavy atom. The predicted octanol–water partition coefficient (Wildman–Crippen LogP) is 4.31. The van der Waals surface area contributed by atoms with Crippen LogP contribution in [0.3, 0.4) is 0 Å². The summed E-state index contributed by atoms with van der Waals surface area (Å²) in [7, 11) is 0. The second-order valence-electron chi connectivity index (χ2n) is 6.19. The van der Waals surface area contributed by atoms with Crippen molar-refractivity contribution in [2.24, 2.45) is 11.7 Å². The zero-order valence-electron chi connectivity index (χ0n) is 13.0. The molecule has 112 valence electrons. The molecule has 2 N–H and O–H groups in total. The highest BCUT2D eigenvalue weighted by Gasteiger charge is 2.21. The molecule has 1 fully saturated rings. The Morgan fingerprint density at radius 2 is 1.95 bits per heavy atom. The molecule has 2 nitrogen and oxygen atoms in total. The summed E-state index contributed by atoms with van der Waals surface area (Å²) in [4.78, 5) is 0. The van der Waals surface area contributed by atoms with Crippen LogP contribution in [0.5, 0.6) is 5.75 Å². The lowest BCUT2D eigenvalue weighted by Crippen LogP contribution is -2.24. The second-order valence-corrected chi connectivity index (χ2v) is 6.19. The highest BCUT2D eigenvalue weighted by Crippen LogP contribution is 2.29. The summed E-state index contributed by atoms with van der Waals surface area (Å²) in [6.07, 6.45) is 8.74. The van der Waals surface area contributed by atoms with Gasteiger partial charge in [0.1, 0.15) is 5.75 Å². The third-order valence-corrected chi connectivity index (χ3v) is 4.59. The fourth-order valence-electron chi connectivity index (χ4n) is 3.04. The lowest BCUT2D eigenvalue weighted by atomic mass is 9.86. The van der Waals surface area contributed by atoms with Crippen molar-refractivity contribution in [1.29, 1.82) is 0 Å². The Labute approximate surface area is 123 Å². The maximum absolute atomic E-state index is 6.16. The third kappa shape index (κ3) is 4.52. The molecule has 0 saturated heterocycles. The summed E-state index contributed by atoms with van der Waals surface area (Å²) in [5, 5.41) is 0. The first-order valence-electron chi connectivity index (χ1n) is 8.22. The van der Waals surface area contributed by atoms with E-state index in [1.165, 1.54) is 37.7 Å². The minimum atomic E-state index is 0.255. The number of ether oxygens (including phenoxy) is 1. The standard InChI is InChI=1S/C18H29NO/c1-3-14-8-10-17(11-9-14)20-18-7-5-6-15(13-18)12-16(19)4-2/h5-7,13-14,16-17H,3-4,8-12,19H2,1-2H3. The van der Waals surface area contributed by atoms with Crippen LogP contribution in [-0.4, -0.2) is 12.1 Å². The fourth-order valence-corrected chi connectivity index (χ4v) is 3.04. The molecule has 0 amide bonds. The zero-order chi connectivity index (χ0) is 14.4. The molecule has 0 radical (unpaired) electrons. The first-order chi connectivity index (χ1) is 9.71. The van der Waals surface area contributed by atoms with E-state index in [4.69, 9.17) is 10.5 Å². The third-order valence-electron chi connectivity index (χ3n) is 4.59. The van der Waals surface area contributed by atoms with Crippen LogP contribution in [0.1, 0.15) is 57.9 Å². The maximum atomic E-state index is 6.16. The number of rotatable bonds is 6. The van der Waals surface area contributed by atoms with Crippen LogP contribution in [0.4, 0.5) is 0 Å². The van der Waals surface area contributed by atoms with Gasteiger partial charge in [0.25, 0.3) is 0 Å². The lowest BCUT2D eigenvalue weighted by Gasteiger charge is -2.28. The molecule has 1 saturated carbocycles. The molecule has 0 bridgehead atoms. The van der Waals surface area contributed by atoms with Crippen molar-refractivity contribution in [3.63, 3.8) is 0 Å². The fraction of sp³-hybridized carbons (Fsp3) is 0.667. The summed E-state index contributed by atoms with van der Waals surface area (Å²) in [6, 6.07) is 8.74. The molecule has 2 heteroatoms. The Morgan fingerprint density at radius 1 is 1.20 bits per heavy atom. The van der Waals surface area contributed by atoms with E-state index in [0.29, 0.717) is 6.10 Å². The Bertz CT molecular complexity index is 396. The van der Waals surface area contributed by atoms with Gasteiger partial charge in [-0.3, -0.25) is 0 Å². The smallest absolute Gasteiger partial charge is 0.119 e. The van der Waals surface area contributed by atoms with E-state index >= 15 is 0 Å². The highest BCUT2D eigenvalue weighted by molar-refractivity contribution is 5.29. The average molecular weight is 275 g/mol. The van der Waals surface area contributed by atoms with Crippen molar-refractivity contribution >= 4 is 0 Å². The number of hydrogen-bond donors (Lipinski definition) is 1.